The van der Waals surface area contributed by atoms with Crippen LogP contribution in [-0.2, 0) is 16.1 Å². The van der Waals surface area contributed by atoms with Gasteiger partial charge in [0.15, 0.2) is 0 Å². The van der Waals surface area contributed by atoms with Crippen LogP contribution < -0.4 is 5.32 Å². The average Bonchev–Trinajstić information content (AvgIpc) is 2.83. The summed E-state index contributed by atoms with van der Waals surface area (Å²) in [6, 6.07) is 1.90. The number of piperazine rings is 1. The van der Waals surface area contributed by atoms with Crippen molar-refractivity contribution in [1.29, 1.82) is 0 Å². The Labute approximate surface area is 136 Å². The number of rotatable bonds is 2. The van der Waals surface area contributed by atoms with Gasteiger partial charge in [0.1, 0.15) is 6.54 Å². The fourth-order valence-electron chi connectivity index (χ4n) is 3.60. The van der Waals surface area contributed by atoms with Gasteiger partial charge in [0.2, 0.25) is 11.8 Å². The third-order valence-electron chi connectivity index (χ3n) is 5.30. The molecule has 0 saturated carbocycles. The van der Waals surface area contributed by atoms with Crippen LogP contribution in [0.25, 0.3) is 0 Å². The lowest BCUT2D eigenvalue weighted by Gasteiger charge is -2.49. The maximum absolute atomic E-state index is 12.7. The molecular weight excluding hydrogens is 294 g/mol. The Hall–Kier alpha value is -1.89. The number of carbonyl (C=O) groups excluding carboxylic acids is 2. The van der Waals surface area contributed by atoms with Gasteiger partial charge in [-0.1, -0.05) is 0 Å². The van der Waals surface area contributed by atoms with Crippen LogP contribution >= 0.6 is 0 Å². The highest BCUT2D eigenvalue weighted by atomic mass is 16.2. The molecule has 7 nitrogen and oxygen atoms in total. The Morgan fingerprint density at radius 1 is 1.39 bits per heavy atom. The van der Waals surface area contributed by atoms with Crippen LogP contribution in [0.5, 0.6) is 0 Å². The van der Waals surface area contributed by atoms with Crippen LogP contribution in [0.4, 0.5) is 0 Å². The fraction of sp³-hybridized carbons (Fsp3) is 0.688. The van der Waals surface area contributed by atoms with Crippen molar-refractivity contribution in [2.75, 3.05) is 33.2 Å². The molecule has 1 N–H and O–H groups in total. The van der Waals surface area contributed by atoms with Crippen LogP contribution in [0.1, 0.15) is 25.0 Å². The highest BCUT2D eigenvalue weighted by Gasteiger charge is 2.42. The molecular formula is C16H25N5O2. The van der Waals surface area contributed by atoms with Crippen molar-refractivity contribution < 1.29 is 9.59 Å². The zero-order valence-electron chi connectivity index (χ0n) is 13.9. The van der Waals surface area contributed by atoms with E-state index in [2.05, 4.69) is 22.4 Å². The molecule has 1 atom stereocenters. The maximum atomic E-state index is 12.7. The zero-order valence-corrected chi connectivity index (χ0v) is 13.9. The summed E-state index contributed by atoms with van der Waals surface area (Å²) in [5.41, 5.74) is 0.901. The van der Waals surface area contributed by atoms with Gasteiger partial charge < -0.3 is 10.2 Å². The van der Waals surface area contributed by atoms with Crippen molar-refractivity contribution in [3.8, 4) is 0 Å². The van der Waals surface area contributed by atoms with E-state index in [0.29, 0.717) is 19.5 Å². The third-order valence-corrected chi connectivity index (χ3v) is 5.30. The van der Waals surface area contributed by atoms with Crippen molar-refractivity contribution in [3.63, 3.8) is 0 Å². The van der Waals surface area contributed by atoms with Gasteiger partial charge in [0.05, 0.1) is 0 Å². The van der Waals surface area contributed by atoms with E-state index in [1.165, 1.54) is 0 Å². The van der Waals surface area contributed by atoms with Crippen LogP contribution in [0.3, 0.4) is 0 Å². The van der Waals surface area contributed by atoms with Crippen molar-refractivity contribution >= 4 is 11.8 Å². The minimum atomic E-state index is -0.0910. The number of aromatic nitrogens is 2. The van der Waals surface area contributed by atoms with Crippen LogP contribution in [0, 0.1) is 6.92 Å². The average molecular weight is 319 g/mol. The van der Waals surface area contributed by atoms with E-state index in [0.717, 1.165) is 31.6 Å². The molecule has 2 saturated heterocycles. The van der Waals surface area contributed by atoms with Gasteiger partial charge in [0, 0.05) is 50.0 Å². The summed E-state index contributed by atoms with van der Waals surface area (Å²) in [6.45, 7) is 5.20. The van der Waals surface area contributed by atoms with Crippen molar-refractivity contribution in [2.24, 2.45) is 0 Å². The number of amides is 2. The summed E-state index contributed by atoms with van der Waals surface area (Å²) >= 11 is 0. The van der Waals surface area contributed by atoms with Crippen molar-refractivity contribution in [2.45, 2.75) is 38.3 Å². The summed E-state index contributed by atoms with van der Waals surface area (Å²) in [5, 5.41) is 7.14. The Kier molecular flexibility index (Phi) is 4.39. The Balaban J connectivity index is 1.71. The molecule has 126 valence electrons. The van der Waals surface area contributed by atoms with Gasteiger partial charge in [-0.25, -0.2) is 0 Å². The van der Waals surface area contributed by atoms with Crippen LogP contribution in [-0.4, -0.2) is 70.2 Å². The van der Waals surface area contributed by atoms with Crippen molar-refractivity contribution in [1.82, 2.24) is 24.9 Å². The Morgan fingerprint density at radius 3 is 2.96 bits per heavy atom. The molecule has 3 rings (SSSR count). The first-order valence-electron chi connectivity index (χ1n) is 8.24. The summed E-state index contributed by atoms with van der Waals surface area (Å²) < 4.78 is 1.74. The van der Waals surface area contributed by atoms with E-state index in [1.54, 1.807) is 10.9 Å². The molecule has 1 aromatic rings. The highest BCUT2D eigenvalue weighted by Crippen LogP contribution is 2.30. The first kappa shape index (κ1) is 16.0. The first-order chi connectivity index (χ1) is 11.0. The predicted octanol–water partition coefficient (Wildman–Crippen LogP) is 0.00442. The summed E-state index contributed by atoms with van der Waals surface area (Å²) in [7, 11) is 2.11. The van der Waals surface area contributed by atoms with E-state index in [4.69, 9.17) is 0 Å². The second kappa shape index (κ2) is 6.31. The largest absolute Gasteiger partial charge is 0.356 e. The van der Waals surface area contributed by atoms with E-state index >= 15 is 0 Å². The normalized spacial score (nSPS) is 26.2. The Bertz CT molecular complexity index is 599. The minimum Gasteiger partial charge on any atom is -0.356 e. The van der Waals surface area contributed by atoms with E-state index in [9.17, 15) is 9.59 Å². The van der Waals surface area contributed by atoms with Crippen LogP contribution in [0.2, 0.25) is 0 Å². The lowest BCUT2D eigenvalue weighted by Crippen LogP contribution is -2.62. The molecule has 0 aromatic carbocycles. The van der Waals surface area contributed by atoms with Gasteiger partial charge in [-0.3, -0.25) is 19.2 Å². The molecule has 1 spiro atoms. The van der Waals surface area contributed by atoms with Gasteiger partial charge in [-0.05, 0) is 32.9 Å². The number of aryl methyl sites for hydroxylation is 1. The number of likely N-dealkylation sites (N-methyl/N-ethyl adjacent to an activating group) is 1. The second-order valence-corrected chi connectivity index (χ2v) is 6.69. The van der Waals surface area contributed by atoms with Gasteiger partial charge in [-0.15, -0.1) is 0 Å². The monoisotopic (exact) mass is 319 g/mol. The molecule has 0 bridgehead atoms. The molecule has 3 heterocycles. The molecule has 23 heavy (non-hydrogen) atoms. The number of hydrogen-bond acceptors (Lipinski definition) is 4. The SMILES string of the molecule is Cc1ccnn1CC(=O)N1CCN(C)[C@@]2(CCNC(=O)CC2)C1. The number of nitrogens with zero attached hydrogens (tertiary/aromatic N) is 4. The molecule has 2 aliphatic rings. The molecule has 2 aliphatic heterocycles. The lowest BCUT2D eigenvalue weighted by molar-refractivity contribution is -0.137. The zero-order chi connectivity index (χ0) is 16.4. The molecule has 0 radical (unpaired) electrons. The second-order valence-electron chi connectivity index (χ2n) is 6.69. The number of hydrogen-bond donors (Lipinski definition) is 1. The predicted molar refractivity (Wildman–Crippen MR) is 85.8 cm³/mol. The fourth-order valence-corrected chi connectivity index (χ4v) is 3.60. The molecule has 0 aliphatic carbocycles. The number of carbonyl (C=O) groups is 2. The van der Waals surface area contributed by atoms with E-state index in [1.807, 2.05) is 17.9 Å². The molecule has 0 unspecified atom stereocenters. The summed E-state index contributed by atoms with van der Waals surface area (Å²) in [4.78, 5) is 28.6. The molecule has 2 fully saturated rings. The maximum Gasteiger partial charge on any atom is 0.244 e. The first-order valence-corrected chi connectivity index (χ1v) is 8.24. The summed E-state index contributed by atoms with van der Waals surface area (Å²) in [6.07, 6.45) is 3.95. The van der Waals surface area contributed by atoms with Gasteiger partial charge >= 0.3 is 0 Å². The topological polar surface area (TPSA) is 70.5 Å². The van der Waals surface area contributed by atoms with Crippen molar-refractivity contribution in [3.05, 3.63) is 18.0 Å². The van der Waals surface area contributed by atoms with Gasteiger partial charge in [-0.2, -0.15) is 5.10 Å². The quantitative estimate of drug-likeness (QED) is 0.833. The van der Waals surface area contributed by atoms with Crippen LogP contribution in [0.15, 0.2) is 12.3 Å². The standard InChI is InChI=1S/C16H25N5O2/c1-13-4-7-18-21(13)11-15(23)20-10-9-19(2)16(12-20)5-3-14(22)17-8-6-16/h4,7H,3,5-6,8-12H2,1-2H3,(H,17,22)/t16-/m0/s1. The lowest BCUT2D eigenvalue weighted by atomic mass is 9.86. The van der Waals surface area contributed by atoms with E-state index < -0.39 is 0 Å². The third kappa shape index (κ3) is 3.24. The van der Waals surface area contributed by atoms with E-state index in [-0.39, 0.29) is 23.9 Å². The minimum absolute atomic E-state index is 0.0910. The Morgan fingerprint density at radius 2 is 2.22 bits per heavy atom. The summed E-state index contributed by atoms with van der Waals surface area (Å²) in [5.74, 6) is 0.221. The molecule has 1 aromatic heterocycles. The smallest absolute Gasteiger partial charge is 0.244 e. The highest BCUT2D eigenvalue weighted by molar-refractivity contribution is 5.77. The molecule has 7 heteroatoms. The molecule has 2 amide bonds. The number of nitrogens with one attached hydrogen (secondary N) is 1. The van der Waals surface area contributed by atoms with Gasteiger partial charge in [0.25, 0.3) is 0 Å².